The normalized spacial score (nSPS) is 31.7. The monoisotopic (exact) mass is 532 g/mol. The van der Waals surface area contributed by atoms with Crippen molar-refractivity contribution in [2.75, 3.05) is 0 Å². The zero-order valence-electron chi connectivity index (χ0n) is 19.1. The second-order valence-corrected chi connectivity index (χ2v) is 103. The fourth-order valence-corrected chi connectivity index (χ4v) is 30.2. The summed E-state index contributed by atoms with van der Waals surface area (Å²) in [6.07, 6.45) is 16.9. The SMILES string of the molecule is CC1(C)Cc2cc3c(cc2C1)[C](C)([Hf]([CH3])([CH3])([CH3])([CH3])([CH3])([CH3])[CH]1C=CC=C1)C=C3. The minimum atomic E-state index is -4.94. The van der Waals surface area contributed by atoms with Crippen molar-refractivity contribution in [1.82, 2.24) is 0 Å². The van der Waals surface area contributed by atoms with Crippen molar-refractivity contribution in [3.63, 3.8) is 0 Å². The van der Waals surface area contributed by atoms with E-state index in [1.165, 1.54) is 18.4 Å². The molecule has 0 aliphatic heterocycles. The molecule has 148 valence electrons. The molecule has 3 aliphatic carbocycles. The predicted octanol–water partition coefficient (Wildman–Crippen LogP) is 8.55. The van der Waals surface area contributed by atoms with Crippen molar-refractivity contribution >= 4 is 6.08 Å². The molecular weight excluding hydrogens is 491 g/mol. The number of benzene rings is 1. The standard InChI is InChI=1S/C15H17.C5H5.6CH3.Hf/c1-10-4-5-11-6-12-8-15(2,3)9-13(12)7-14(10)11;1-2-4-5-3-1;;;;;;;/h4-7H,8-9H2,1-3H3;1-5H;6*1H3;. The molecule has 0 nitrogen and oxygen atoms in total. The molecule has 1 unspecified atom stereocenters. The molecule has 3 aliphatic rings. The van der Waals surface area contributed by atoms with Crippen LogP contribution in [0.25, 0.3) is 6.08 Å². The first-order valence-corrected chi connectivity index (χ1v) is 36.4. The van der Waals surface area contributed by atoms with Crippen LogP contribution in [0.3, 0.4) is 0 Å². The zero-order valence-corrected chi connectivity index (χ0v) is 22.7. The molecule has 1 aromatic carbocycles. The van der Waals surface area contributed by atoms with Gasteiger partial charge < -0.3 is 0 Å². The van der Waals surface area contributed by atoms with Gasteiger partial charge in [0.15, 0.2) is 0 Å². The summed E-state index contributed by atoms with van der Waals surface area (Å²) in [5.74, 6) is 0. The molecule has 0 bridgehead atoms. The van der Waals surface area contributed by atoms with E-state index in [4.69, 9.17) is 0 Å². The molecule has 0 radical (unpaired) electrons. The first-order valence-electron chi connectivity index (χ1n) is 10.9. The Balaban J connectivity index is 2.06. The Hall–Kier alpha value is -0.690. The number of allylic oxidation sites excluding steroid dienone is 5. The summed E-state index contributed by atoms with van der Waals surface area (Å²) in [4.78, 5) is 0. The van der Waals surface area contributed by atoms with E-state index in [9.17, 15) is 0 Å². The minimum absolute atomic E-state index is 0.0251. The first kappa shape index (κ1) is 19.6. The Morgan fingerprint density at radius 2 is 1.33 bits per heavy atom. The van der Waals surface area contributed by atoms with Gasteiger partial charge >= 0.3 is 159 Å². The summed E-state index contributed by atoms with van der Waals surface area (Å²) in [6.45, 7) is 7.37. The maximum absolute atomic E-state index is 4.94. The van der Waals surface area contributed by atoms with E-state index in [2.05, 4.69) is 97.4 Å². The van der Waals surface area contributed by atoms with Gasteiger partial charge in [-0.3, -0.25) is 0 Å². The molecule has 1 heteroatoms. The fraction of sp³-hybridized carbons (Fsp3) is 0.538. The van der Waals surface area contributed by atoms with Crippen LogP contribution in [-0.4, -0.2) is 0 Å². The van der Waals surface area contributed by atoms with Crippen molar-refractivity contribution < 1.29 is 14.1 Å². The maximum atomic E-state index is 2.69. The average molecular weight is 531 g/mol. The van der Waals surface area contributed by atoms with Gasteiger partial charge in [0.25, 0.3) is 0 Å². The molecule has 1 atom stereocenters. The van der Waals surface area contributed by atoms with Crippen LogP contribution in [-0.2, 0) is 30.1 Å². The summed E-state index contributed by atoms with van der Waals surface area (Å²) >= 11 is -4.94. The molecule has 4 rings (SSSR count). The summed E-state index contributed by atoms with van der Waals surface area (Å²) < 4.78 is 16.7. The van der Waals surface area contributed by atoms with Crippen molar-refractivity contribution in [3.05, 3.63) is 64.8 Å². The Kier molecular flexibility index (Phi) is 2.63. The molecule has 0 spiro atoms. The molecule has 0 saturated heterocycles. The van der Waals surface area contributed by atoms with E-state index in [1.807, 2.05) is 0 Å². The van der Waals surface area contributed by atoms with Crippen LogP contribution >= 0.6 is 0 Å². The van der Waals surface area contributed by atoms with E-state index < -0.39 is 14.1 Å². The molecule has 0 amide bonds. The predicted molar refractivity (Wildman–Crippen MR) is 121 cm³/mol. The van der Waals surface area contributed by atoms with Gasteiger partial charge in [-0.05, 0) is 0 Å². The molecule has 0 aromatic heterocycles. The Labute approximate surface area is 158 Å². The van der Waals surface area contributed by atoms with Gasteiger partial charge in [0.2, 0.25) is 0 Å². The Morgan fingerprint density at radius 1 is 0.815 bits per heavy atom. The molecule has 27 heavy (non-hydrogen) atoms. The fourth-order valence-electron chi connectivity index (χ4n) is 6.53. The third kappa shape index (κ3) is 2.19. The molecule has 0 N–H and O–H groups in total. The second kappa shape index (κ2) is 3.62. The Bertz CT molecular complexity index is 1000. The van der Waals surface area contributed by atoms with Gasteiger partial charge in [-0.25, -0.2) is 0 Å². The van der Waals surface area contributed by atoms with Crippen LogP contribution in [0.1, 0.15) is 43.0 Å². The van der Waals surface area contributed by atoms with Gasteiger partial charge in [-0.2, -0.15) is 0 Å². The first-order chi connectivity index (χ1) is 11.7. The van der Waals surface area contributed by atoms with Crippen molar-refractivity contribution in [2.45, 2.75) is 68.5 Å². The third-order valence-corrected chi connectivity index (χ3v) is 53.3. The summed E-state index contributed by atoms with van der Waals surface area (Å²) in [5.41, 5.74) is 6.59. The van der Waals surface area contributed by atoms with Gasteiger partial charge in [0.05, 0.1) is 0 Å². The van der Waals surface area contributed by atoms with Crippen molar-refractivity contribution in [1.29, 1.82) is 0 Å². The molecule has 0 saturated carbocycles. The number of fused-ring (bicyclic) bond motifs is 2. The van der Waals surface area contributed by atoms with Gasteiger partial charge in [-0.1, -0.05) is 0 Å². The van der Waals surface area contributed by atoms with E-state index in [0.717, 1.165) is 0 Å². The van der Waals surface area contributed by atoms with Crippen LogP contribution in [0.4, 0.5) is 0 Å². The van der Waals surface area contributed by atoms with E-state index in [-0.39, 0.29) is 3.17 Å². The number of hydrogen-bond acceptors (Lipinski definition) is 0. The molecule has 0 fully saturated rings. The number of rotatable bonds is 2. The average Bonchev–Trinajstić information content (AvgIpc) is 3.12. The Morgan fingerprint density at radius 3 is 1.89 bits per heavy atom. The van der Waals surface area contributed by atoms with E-state index in [0.29, 0.717) is 9.09 Å². The quantitative estimate of drug-likeness (QED) is 0.336. The van der Waals surface area contributed by atoms with Crippen LogP contribution in [0.15, 0.2) is 42.5 Å². The van der Waals surface area contributed by atoms with Crippen molar-refractivity contribution in [2.24, 2.45) is 5.41 Å². The summed E-state index contributed by atoms with van der Waals surface area (Å²) in [6, 6.07) is 5.11. The third-order valence-electron chi connectivity index (χ3n) is 10.2. The summed E-state index contributed by atoms with van der Waals surface area (Å²) in [7, 11) is 0. The van der Waals surface area contributed by atoms with Crippen LogP contribution in [0.5, 0.6) is 0 Å². The second-order valence-electron chi connectivity index (χ2n) is 18.4. The van der Waals surface area contributed by atoms with Crippen molar-refractivity contribution in [3.8, 4) is 0 Å². The van der Waals surface area contributed by atoms with Crippen LogP contribution in [0, 0.1) is 5.41 Å². The van der Waals surface area contributed by atoms with E-state index >= 15 is 0 Å². The summed E-state index contributed by atoms with van der Waals surface area (Å²) in [5, 5.41) is 0. The topological polar surface area (TPSA) is 0 Å². The zero-order chi connectivity index (χ0) is 20.3. The molecule has 0 heterocycles. The van der Waals surface area contributed by atoms with Crippen LogP contribution in [0.2, 0.25) is 31.8 Å². The van der Waals surface area contributed by atoms with Gasteiger partial charge in [-0.15, -0.1) is 0 Å². The van der Waals surface area contributed by atoms with Gasteiger partial charge in [0, 0.05) is 0 Å². The van der Waals surface area contributed by atoms with E-state index in [1.54, 1.807) is 16.7 Å². The number of hydrogen-bond donors (Lipinski definition) is 0. The molecule has 1 aromatic rings. The van der Waals surface area contributed by atoms with Gasteiger partial charge in [0.1, 0.15) is 0 Å². The molecular formula is C26H40Hf. The van der Waals surface area contributed by atoms with Crippen LogP contribution < -0.4 is 0 Å².